The summed E-state index contributed by atoms with van der Waals surface area (Å²) >= 11 is 0. The van der Waals surface area contributed by atoms with E-state index in [1.165, 1.54) is 5.48 Å². The zero-order valence-electron chi connectivity index (χ0n) is 20.5. The third kappa shape index (κ3) is 8.70. The van der Waals surface area contributed by atoms with Gasteiger partial charge in [0.25, 0.3) is 0 Å². The highest BCUT2D eigenvalue weighted by Gasteiger charge is 2.13. The topological polar surface area (TPSA) is 125 Å². The van der Waals surface area contributed by atoms with Gasteiger partial charge in [0.1, 0.15) is 0 Å². The van der Waals surface area contributed by atoms with Crippen molar-refractivity contribution in [3.05, 3.63) is 53.9 Å². The second kappa shape index (κ2) is 15.5. The van der Waals surface area contributed by atoms with E-state index in [0.29, 0.717) is 32.8 Å². The molecule has 4 N–H and O–H groups in total. The molecule has 3 rings (SSSR count). The lowest BCUT2D eigenvalue weighted by molar-refractivity contribution is 0.169. The van der Waals surface area contributed by atoms with Gasteiger partial charge in [-0.3, -0.25) is 10.2 Å². The third-order valence-corrected chi connectivity index (χ3v) is 4.60. The maximum atomic E-state index is 9.23. The number of benzene rings is 2. The fourth-order valence-electron chi connectivity index (χ4n) is 3.32. The van der Waals surface area contributed by atoms with Gasteiger partial charge in [0.2, 0.25) is 0 Å². The molecule has 0 bridgehead atoms. The predicted octanol–water partition coefficient (Wildman–Crippen LogP) is 4.89. The number of primary amides is 1. The van der Waals surface area contributed by atoms with Crippen LogP contribution in [0.15, 0.2) is 42.6 Å². The molecule has 0 unspecified atom stereocenters. The summed E-state index contributed by atoms with van der Waals surface area (Å²) in [6.07, 6.45) is 2.52. The fraction of sp³-hybridized carbons (Fsp3) is 0.360. The summed E-state index contributed by atoms with van der Waals surface area (Å²) < 4.78 is 23.0. The van der Waals surface area contributed by atoms with Crippen molar-refractivity contribution in [2.75, 3.05) is 26.4 Å². The molecule has 0 fully saturated rings. The summed E-state index contributed by atoms with van der Waals surface area (Å²) in [4.78, 5) is 13.9. The number of hydrogen-bond donors (Lipinski definition) is 3. The molecule has 2 amide bonds. The quantitative estimate of drug-likeness (QED) is 0.263. The molecule has 35 heavy (non-hydrogen) atoms. The van der Waals surface area contributed by atoms with Crippen LogP contribution in [-0.2, 0) is 6.42 Å². The second-order valence-corrected chi connectivity index (χ2v) is 6.94. The molecule has 192 valence electrons. The molecular formula is C25H34ClN3O6. The molecule has 0 radical (unpaired) electrons. The number of nitrogens with two attached hydrogens (primary N) is 1. The first-order valence-corrected chi connectivity index (χ1v) is 11.2. The Balaban J connectivity index is 0.000000927. The van der Waals surface area contributed by atoms with Gasteiger partial charge < -0.3 is 24.7 Å². The summed E-state index contributed by atoms with van der Waals surface area (Å²) in [7, 11) is 0. The van der Waals surface area contributed by atoms with E-state index in [0.717, 1.165) is 45.0 Å². The lowest BCUT2D eigenvalue weighted by Gasteiger charge is -2.15. The summed E-state index contributed by atoms with van der Waals surface area (Å²) in [6, 6.07) is 11.2. The minimum absolute atomic E-state index is 0. The first-order valence-electron chi connectivity index (χ1n) is 11.2. The van der Waals surface area contributed by atoms with Crippen molar-refractivity contribution in [3.63, 3.8) is 0 Å². The van der Waals surface area contributed by atoms with E-state index in [-0.39, 0.29) is 12.4 Å². The summed E-state index contributed by atoms with van der Waals surface area (Å²) in [5, 5.41) is 9.56. The van der Waals surface area contributed by atoms with Gasteiger partial charge in [-0.1, -0.05) is 6.07 Å². The normalized spacial score (nSPS) is 9.86. The monoisotopic (exact) mass is 507 g/mol. The SMILES string of the molecule is CCOc1ccc(Cc2nccc3cc(OCC)c(OCC)cc23)cc1OCC.Cl.NC(=O)NO. The van der Waals surface area contributed by atoms with Crippen LogP contribution < -0.4 is 30.2 Å². The van der Waals surface area contributed by atoms with Crippen LogP contribution in [0.25, 0.3) is 10.8 Å². The van der Waals surface area contributed by atoms with Crippen LogP contribution in [0.4, 0.5) is 4.79 Å². The number of urea groups is 1. The molecule has 0 saturated carbocycles. The highest BCUT2D eigenvalue weighted by Crippen LogP contribution is 2.35. The van der Waals surface area contributed by atoms with Gasteiger partial charge in [0.15, 0.2) is 23.0 Å². The van der Waals surface area contributed by atoms with E-state index in [1.54, 1.807) is 0 Å². The Bertz CT molecular complexity index is 1080. The number of fused-ring (bicyclic) bond motifs is 1. The molecule has 0 aliphatic heterocycles. The number of hydrogen-bond acceptors (Lipinski definition) is 7. The van der Waals surface area contributed by atoms with Crippen LogP contribution in [0.1, 0.15) is 39.0 Å². The lowest BCUT2D eigenvalue weighted by Crippen LogP contribution is -2.25. The largest absolute Gasteiger partial charge is 0.490 e. The summed E-state index contributed by atoms with van der Waals surface area (Å²) in [5.41, 5.74) is 7.56. The Kier molecular flexibility index (Phi) is 13.1. The zero-order valence-corrected chi connectivity index (χ0v) is 21.3. The number of nitrogens with zero attached hydrogens (tertiary/aromatic N) is 1. The van der Waals surface area contributed by atoms with Crippen molar-refractivity contribution in [1.29, 1.82) is 0 Å². The van der Waals surface area contributed by atoms with Crippen LogP contribution in [0, 0.1) is 0 Å². The molecular weight excluding hydrogens is 474 g/mol. The molecule has 0 aliphatic carbocycles. The maximum Gasteiger partial charge on any atom is 0.335 e. The number of ether oxygens (including phenoxy) is 4. The lowest BCUT2D eigenvalue weighted by atomic mass is 10.0. The average molecular weight is 508 g/mol. The van der Waals surface area contributed by atoms with Crippen LogP contribution in [-0.4, -0.2) is 42.6 Å². The Labute approximate surface area is 211 Å². The van der Waals surface area contributed by atoms with Crippen LogP contribution in [0.3, 0.4) is 0 Å². The van der Waals surface area contributed by atoms with Gasteiger partial charge in [-0.15, -0.1) is 12.4 Å². The van der Waals surface area contributed by atoms with E-state index in [9.17, 15) is 4.79 Å². The number of halogens is 1. The molecule has 0 atom stereocenters. The van der Waals surface area contributed by atoms with E-state index >= 15 is 0 Å². The number of hydroxylamine groups is 1. The molecule has 9 nitrogen and oxygen atoms in total. The highest BCUT2D eigenvalue weighted by atomic mass is 35.5. The van der Waals surface area contributed by atoms with Gasteiger partial charge in [-0.2, -0.15) is 0 Å². The fourth-order valence-corrected chi connectivity index (χ4v) is 3.32. The van der Waals surface area contributed by atoms with Crippen LogP contribution >= 0.6 is 12.4 Å². The highest BCUT2D eigenvalue weighted by molar-refractivity contribution is 5.88. The number of rotatable bonds is 10. The minimum Gasteiger partial charge on any atom is -0.490 e. The van der Waals surface area contributed by atoms with Gasteiger partial charge in [-0.25, -0.2) is 10.3 Å². The van der Waals surface area contributed by atoms with Gasteiger partial charge in [0, 0.05) is 18.0 Å². The minimum atomic E-state index is -0.940. The van der Waals surface area contributed by atoms with Crippen LogP contribution in [0.2, 0.25) is 0 Å². The van der Waals surface area contributed by atoms with Crippen molar-refractivity contribution in [2.24, 2.45) is 5.73 Å². The number of aromatic nitrogens is 1. The van der Waals surface area contributed by atoms with Crippen molar-refractivity contribution >= 4 is 29.2 Å². The molecule has 3 aromatic rings. The smallest absolute Gasteiger partial charge is 0.335 e. The zero-order chi connectivity index (χ0) is 24.9. The number of nitrogens with one attached hydrogen (secondary N) is 1. The molecule has 0 aliphatic rings. The predicted molar refractivity (Wildman–Crippen MR) is 137 cm³/mol. The van der Waals surface area contributed by atoms with Gasteiger partial charge >= 0.3 is 6.03 Å². The van der Waals surface area contributed by atoms with Gasteiger partial charge in [-0.05, 0) is 69.0 Å². The Morgan fingerprint density at radius 2 is 1.37 bits per heavy atom. The Hall–Kier alpha value is -3.43. The number of carbonyl (C=O) groups excluding carboxylic acids is 1. The second-order valence-electron chi connectivity index (χ2n) is 6.94. The van der Waals surface area contributed by atoms with Crippen molar-refractivity contribution < 1.29 is 28.9 Å². The molecule has 10 heteroatoms. The maximum absolute atomic E-state index is 9.23. The van der Waals surface area contributed by atoms with Crippen molar-refractivity contribution in [2.45, 2.75) is 34.1 Å². The standard InChI is InChI=1S/C24H29NO4.CH4N2O2.ClH/c1-5-26-21-10-9-17(14-22(21)27-6-2)13-20-19-16-24(29-8-4)23(28-7-3)15-18(19)11-12-25-20;2-1(4)3-5;/h9-12,14-16H,5-8,13H2,1-4H3;5H,(H3,2,3,4);1H. The molecule has 0 spiro atoms. The molecule has 2 aromatic carbocycles. The number of amides is 2. The van der Waals surface area contributed by atoms with Gasteiger partial charge in [0.05, 0.1) is 32.1 Å². The van der Waals surface area contributed by atoms with E-state index in [2.05, 4.69) is 16.8 Å². The Morgan fingerprint density at radius 3 is 1.91 bits per heavy atom. The third-order valence-electron chi connectivity index (χ3n) is 4.60. The van der Waals surface area contributed by atoms with Crippen molar-refractivity contribution in [1.82, 2.24) is 10.5 Å². The Morgan fingerprint density at radius 1 is 0.857 bits per heavy atom. The summed E-state index contributed by atoms with van der Waals surface area (Å²) in [6.45, 7) is 10.3. The molecule has 0 saturated heterocycles. The average Bonchev–Trinajstić information content (AvgIpc) is 2.82. The number of carbonyl (C=O) groups is 1. The first-order chi connectivity index (χ1) is 16.5. The molecule has 1 aromatic heterocycles. The van der Waals surface area contributed by atoms with E-state index in [1.807, 2.05) is 64.2 Å². The van der Waals surface area contributed by atoms with E-state index in [4.69, 9.17) is 24.2 Å². The van der Waals surface area contributed by atoms with Crippen LogP contribution in [0.5, 0.6) is 23.0 Å². The summed E-state index contributed by atoms with van der Waals surface area (Å²) in [5.74, 6) is 3.04. The molecule has 1 heterocycles. The number of pyridine rings is 1. The first kappa shape index (κ1) is 29.6. The van der Waals surface area contributed by atoms with E-state index < -0.39 is 6.03 Å². The van der Waals surface area contributed by atoms with Crippen molar-refractivity contribution in [3.8, 4) is 23.0 Å².